The molecule has 1 saturated heterocycles. The topological polar surface area (TPSA) is 39.7 Å². The first-order chi connectivity index (χ1) is 12.2. The van der Waals surface area contributed by atoms with E-state index in [9.17, 15) is 0 Å². The Morgan fingerprint density at radius 2 is 2.08 bits per heavy atom. The van der Waals surface area contributed by atoms with Crippen LogP contribution in [0.3, 0.4) is 0 Å². The van der Waals surface area contributed by atoms with Crippen LogP contribution in [0.25, 0.3) is 0 Å². The summed E-state index contributed by atoms with van der Waals surface area (Å²) in [5.41, 5.74) is 3.03. The predicted octanol–water partition coefficient (Wildman–Crippen LogP) is 3.50. The second-order valence-corrected chi connectivity index (χ2v) is 9.09. The van der Waals surface area contributed by atoms with Crippen molar-refractivity contribution in [3.05, 3.63) is 35.4 Å². The molecule has 1 unspecified atom stereocenters. The summed E-state index contributed by atoms with van der Waals surface area (Å²) in [5, 5.41) is 6.98. The molecule has 1 atom stereocenters. The Morgan fingerprint density at radius 3 is 2.81 bits per heavy atom. The molecule has 0 amide bonds. The van der Waals surface area contributed by atoms with Gasteiger partial charge in [0, 0.05) is 44.5 Å². The van der Waals surface area contributed by atoms with E-state index in [1.54, 1.807) is 0 Å². The second kappa shape index (κ2) is 10.8. The third kappa shape index (κ3) is 6.30. The summed E-state index contributed by atoms with van der Waals surface area (Å²) in [6, 6.07) is 8.85. The lowest BCUT2D eigenvalue weighted by Gasteiger charge is -2.28. The van der Waals surface area contributed by atoms with Crippen molar-refractivity contribution in [1.29, 1.82) is 0 Å². The van der Waals surface area contributed by atoms with Crippen molar-refractivity contribution in [3.63, 3.8) is 0 Å². The van der Waals surface area contributed by atoms with E-state index in [4.69, 9.17) is 0 Å². The van der Waals surface area contributed by atoms with E-state index in [1.165, 1.54) is 42.7 Å². The van der Waals surface area contributed by atoms with Crippen molar-refractivity contribution in [2.45, 2.75) is 43.9 Å². The number of benzene rings is 1. The van der Waals surface area contributed by atoms with E-state index in [-0.39, 0.29) is 24.0 Å². The summed E-state index contributed by atoms with van der Waals surface area (Å²) in [7, 11) is 1.86. The van der Waals surface area contributed by atoms with E-state index >= 15 is 0 Å². The molecule has 26 heavy (non-hydrogen) atoms. The highest BCUT2D eigenvalue weighted by atomic mass is 127. The smallest absolute Gasteiger partial charge is 0.191 e. The van der Waals surface area contributed by atoms with Crippen molar-refractivity contribution in [2.24, 2.45) is 4.99 Å². The van der Waals surface area contributed by atoms with Crippen molar-refractivity contribution in [3.8, 4) is 0 Å². The van der Waals surface area contributed by atoms with Crippen LogP contribution in [0, 0.1) is 0 Å². The molecule has 0 radical (unpaired) electrons. The quantitative estimate of drug-likeness (QED) is 0.278. The number of fused-ring (bicyclic) bond motifs is 1. The van der Waals surface area contributed by atoms with Crippen LogP contribution in [0.15, 0.2) is 29.3 Å². The molecule has 0 bridgehead atoms. The van der Waals surface area contributed by atoms with Gasteiger partial charge >= 0.3 is 0 Å². The lowest BCUT2D eigenvalue weighted by atomic mass is 10.00. The molecule has 2 aliphatic heterocycles. The Morgan fingerprint density at radius 1 is 1.27 bits per heavy atom. The van der Waals surface area contributed by atoms with Gasteiger partial charge in [-0.25, -0.2) is 0 Å². The van der Waals surface area contributed by atoms with E-state index in [0.717, 1.165) is 38.6 Å². The summed E-state index contributed by atoms with van der Waals surface area (Å²) >= 11 is 2.09. The minimum absolute atomic E-state index is 0. The lowest BCUT2D eigenvalue weighted by Crippen LogP contribution is -2.44. The standard InChI is InChI=1S/C20H32N4S.HI/c1-20(10-5-14-25-20)16-23-19(21-2)22-11-6-12-24-13-9-17-7-3-4-8-18(17)15-24;/h3-4,7-8H,5-6,9-16H2,1-2H3,(H2,21,22,23);1H. The number of hydrogen-bond acceptors (Lipinski definition) is 3. The van der Waals surface area contributed by atoms with E-state index < -0.39 is 0 Å². The number of hydrogen-bond donors (Lipinski definition) is 2. The number of aliphatic imine (C=N–C) groups is 1. The fraction of sp³-hybridized carbons (Fsp3) is 0.650. The van der Waals surface area contributed by atoms with Gasteiger partial charge in [0.1, 0.15) is 0 Å². The molecule has 4 nitrogen and oxygen atoms in total. The van der Waals surface area contributed by atoms with Crippen molar-refractivity contribution in [2.75, 3.05) is 39.0 Å². The van der Waals surface area contributed by atoms with Gasteiger partial charge in [0.25, 0.3) is 0 Å². The van der Waals surface area contributed by atoms with Crippen LogP contribution in [0.2, 0.25) is 0 Å². The molecule has 146 valence electrons. The summed E-state index contributed by atoms with van der Waals surface area (Å²) < 4.78 is 0.374. The third-order valence-corrected chi connectivity index (χ3v) is 6.85. The SMILES string of the molecule is CN=C(NCCCN1CCc2ccccc2C1)NCC1(C)CCCS1.I. The minimum Gasteiger partial charge on any atom is -0.356 e. The first kappa shape index (κ1) is 21.8. The molecule has 2 N–H and O–H groups in total. The van der Waals surface area contributed by atoms with E-state index in [0.29, 0.717) is 4.75 Å². The van der Waals surface area contributed by atoms with Crippen LogP contribution in [-0.2, 0) is 13.0 Å². The molecular formula is C20H33IN4S. The Bertz CT molecular complexity index is 587. The molecular weight excluding hydrogens is 455 g/mol. The van der Waals surface area contributed by atoms with Gasteiger partial charge in [-0.05, 0) is 49.5 Å². The molecule has 2 heterocycles. The fourth-order valence-electron chi connectivity index (χ4n) is 3.72. The lowest BCUT2D eigenvalue weighted by molar-refractivity contribution is 0.251. The van der Waals surface area contributed by atoms with Gasteiger partial charge in [-0.15, -0.1) is 24.0 Å². The number of guanidine groups is 1. The molecule has 0 spiro atoms. The maximum absolute atomic E-state index is 4.37. The van der Waals surface area contributed by atoms with E-state index in [1.807, 2.05) is 7.05 Å². The fourth-order valence-corrected chi connectivity index (χ4v) is 4.97. The predicted molar refractivity (Wildman–Crippen MR) is 125 cm³/mol. The summed E-state index contributed by atoms with van der Waals surface area (Å²) in [5.74, 6) is 2.24. The molecule has 0 aromatic heterocycles. The zero-order valence-corrected chi connectivity index (χ0v) is 19.2. The Balaban J connectivity index is 0.00000243. The monoisotopic (exact) mass is 488 g/mol. The average Bonchev–Trinajstić information content (AvgIpc) is 3.08. The number of thioether (sulfide) groups is 1. The number of rotatable bonds is 6. The minimum atomic E-state index is 0. The van der Waals surface area contributed by atoms with Crippen molar-refractivity contribution < 1.29 is 0 Å². The first-order valence-corrected chi connectivity index (χ1v) is 10.5. The van der Waals surface area contributed by atoms with Gasteiger partial charge < -0.3 is 10.6 Å². The maximum atomic E-state index is 4.37. The molecule has 1 aromatic carbocycles. The first-order valence-electron chi connectivity index (χ1n) is 9.56. The van der Waals surface area contributed by atoms with Crippen LogP contribution >= 0.6 is 35.7 Å². The van der Waals surface area contributed by atoms with Gasteiger partial charge in [0.05, 0.1) is 0 Å². The van der Waals surface area contributed by atoms with Crippen LogP contribution in [0.1, 0.15) is 37.3 Å². The zero-order chi connectivity index (χ0) is 17.5. The summed E-state index contributed by atoms with van der Waals surface area (Å²) in [6.45, 7) is 7.76. The number of halogens is 1. The van der Waals surface area contributed by atoms with Gasteiger partial charge in [0.15, 0.2) is 5.96 Å². The van der Waals surface area contributed by atoms with Gasteiger partial charge in [-0.1, -0.05) is 24.3 Å². The highest BCUT2D eigenvalue weighted by Crippen LogP contribution is 2.36. The number of nitrogens with one attached hydrogen (secondary N) is 2. The third-order valence-electron chi connectivity index (χ3n) is 5.31. The number of nitrogens with zero attached hydrogens (tertiary/aromatic N) is 2. The van der Waals surface area contributed by atoms with Gasteiger partial charge in [-0.2, -0.15) is 11.8 Å². The van der Waals surface area contributed by atoms with Crippen LogP contribution in [0.4, 0.5) is 0 Å². The van der Waals surface area contributed by atoms with Crippen LogP contribution in [0.5, 0.6) is 0 Å². The zero-order valence-electron chi connectivity index (χ0n) is 16.1. The molecule has 3 rings (SSSR count). The Labute approximate surface area is 180 Å². The average molecular weight is 488 g/mol. The van der Waals surface area contributed by atoms with Crippen LogP contribution < -0.4 is 10.6 Å². The molecule has 0 aliphatic carbocycles. The molecule has 2 aliphatic rings. The highest BCUT2D eigenvalue weighted by Gasteiger charge is 2.29. The highest BCUT2D eigenvalue weighted by molar-refractivity contribution is 14.0. The van der Waals surface area contributed by atoms with Crippen molar-refractivity contribution >= 4 is 41.7 Å². The maximum Gasteiger partial charge on any atom is 0.191 e. The second-order valence-electron chi connectivity index (χ2n) is 7.40. The summed E-state index contributed by atoms with van der Waals surface area (Å²) in [6.07, 6.45) is 4.98. The van der Waals surface area contributed by atoms with Gasteiger partial charge in [0.2, 0.25) is 0 Å². The largest absolute Gasteiger partial charge is 0.356 e. The van der Waals surface area contributed by atoms with Gasteiger partial charge in [-0.3, -0.25) is 9.89 Å². The molecule has 0 saturated carbocycles. The molecule has 6 heteroatoms. The van der Waals surface area contributed by atoms with Crippen molar-refractivity contribution in [1.82, 2.24) is 15.5 Å². The summed E-state index contributed by atoms with van der Waals surface area (Å²) in [4.78, 5) is 6.93. The normalized spacial score (nSPS) is 23.2. The Hall–Kier alpha value is -0.470. The molecule has 1 aromatic rings. The van der Waals surface area contributed by atoms with E-state index in [2.05, 4.69) is 63.5 Å². The Kier molecular flexibility index (Phi) is 9.03. The van der Waals surface area contributed by atoms with Crippen LogP contribution in [-0.4, -0.2) is 54.6 Å². The molecule has 1 fully saturated rings.